The monoisotopic (exact) mass is 242 g/mol. The first-order chi connectivity index (χ1) is 8.72. The van der Waals surface area contributed by atoms with E-state index in [2.05, 4.69) is 24.4 Å². The minimum atomic E-state index is -0.100. The van der Waals surface area contributed by atoms with Gasteiger partial charge in [-0.2, -0.15) is 5.10 Å². The summed E-state index contributed by atoms with van der Waals surface area (Å²) in [5.74, 6) is 0.291. The van der Waals surface area contributed by atoms with Crippen LogP contribution in [0.2, 0.25) is 0 Å². The van der Waals surface area contributed by atoms with E-state index in [-0.39, 0.29) is 5.91 Å². The second kappa shape index (κ2) is 5.63. The molecule has 1 aliphatic heterocycles. The molecule has 18 heavy (non-hydrogen) atoms. The first kappa shape index (κ1) is 12.6. The molecule has 0 aliphatic carbocycles. The highest BCUT2D eigenvalue weighted by Gasteiger charge is 2.24. The van der Waals surface area contributed by atoms with Crippen molar-refractivity contribution in [2.24, 2.45) is 11.0 Å². The molecule has 1 amide bonds. The van der Waals surface area contributed by atoms with Gasteiger partial charge in [0.1, 0.15) is 5.71 Å². The summed E-state index contributed by atoms with van der Waals surface area (Å²) in [6.07, 6.45) is 4.22. The Balaban J connectivity index is 2.28. The average Bonchev–Trinajstić information content (AvgIpc) is 2.73. The lowest BCUT2D eigenvalue weighted by molar-refractivity contribution is -0.116. The van der Waals surface area contributed by atoms with Gasteiger partial charge in [0, 0.05) is 5.56 Å². The Bertz CT molecular complexity index is 488. The summed E-state index contributed by atoms with van der Waals surface area (Å²) in [4.78, 5) is 11.8. The molecule has 0 fully saturated rings. The summed E-state index contributed by atoms with van der Waals surface area (Å²) in [7, 11) is 0. The van der Waals surface area contributed by atoms with Crippen LogP contribution in [-0.4, -0.2) is 11.6 Å². The van der Waals surface area contributed by atoms with Crippen molar-refractivity contribution in [3.05, 3.63) is 47.5 Å². The minimum absolute atomic E-state index is 0.100. The van der Waals surface area contributed by atoms with E-state index in [0.717, 1.165) is 24.1 Å². The van der Waals surface area contributed by atoms with Crippen molar-refractivity contribution in [2.45, 2.75) is 26.7 Å². The van der Waals surface area contributed by atoms with E-state index in [1.165, 1.54) is 0 Å². The molecule has 2 rings (SSSR count). The summed E-state index contributed by atoms with van der Waals surface area (Å²) in [6, 6.07) is 9.80. The number of carbonyl (C=O) groups is 1. The van der Waals surface area contributed by atoms with Crippen LogP contribution in [0.5, 0.6) is 0 Å². The molecule has 1 unspecified atom stereocenters. The van der Waals surface area contributed by atoms with Gasteiger partial charge in [0.25, 0.3) is 5.91 Å². The Morgan fingerprint density at radius 1 is 1.33 bits per heavy atom. The van der Waals surface area contributed by atoms with E-state index < -0.39 is 0 Å². The first-order valence-electron chi connectivity index (χ1n) is 6.38. The lowest BCUT2D eigenvalue weighted by Crippen LogP contribution is -2.14. The number of amides is 1. The summed E-state index contributed by atoms with van der Waals surface area (Å²) >= 11 is 0. The van der Waals surface area contributed by atoms with E-state index in [9.17, 15) is 4.79 Å². The zero-order chi connectivity index (χ0) is 13.0. The smallest absolute Gasteiger partial charge is 0.267 e. The lowest BCUT2D eigenvalue weighted by Gasteiger charge is -2.06. The normalized spacial score (nSPS) is 18.7. The average molecular weight is 242 g/mol. The van der Waals surface area contributed by atoms with Gasteiger partial charge in [-0.3, -0.25) is 4.79 Å². The van der Waals surface area contributed by atoms with Crippen molar-refractivity contribution in [3.63, 3.8) is 0 Å². The van der Waals surface area contributed by atoms with Crippen LogP contribution in [0.25, 0.3) is 0 Å². The van der Waals surface area contributed by atoms with E-state index in [0.29, 0.717) is 11.5 Å². The minimum Gasteiger partial charge on any atom is -0.267 e. The third-order valence-corrected chi connectivity index (χ3v) is 3.01. The maximum Gasteiger partial charge on any atom is 0.273 e. The fourth-order valence-electron chi connectivity index (χ4n) is 2.13. The van der Waals surface area contributed by atoms with Crippen molar-refractivity contribution in [2.75, 3.05) is 0 Å². The second-order valence-electron chi connectivity index (χ2n) is 4.61. The van der Waals surface area contributed by atoms with Gasteiger partial charge in [-0.05, 0) is 12.3 Å². The molecular formula is C15H18N2O. The van der Waals surface area contributed by atoms with E-state index in [1.807, 2.05) is 36.4 Å². The quantitative estimate of drug-likeness (QED) is 0.810. The van der Waals surface area contributed by atoms with E-state index >= 15 is 0 Å². The third kappa shape index (κ3) is 2.67. The SMILES string of the molecule is CCCC(C)/C=C1\C(=O)NN=C1c1ccccc1. The number of allylic oxidation sites excluding steroid dienone is 1. The van der Waals surface area contributed by atoms with Gasteiger partial charge >= 0.3 is 0 Å². The number of hydrogen-bond acceptors (Lipinski definition) is 2. The van der Waals surface area contributed by atoms with Crippen molar-refractivity contribution >= 4 is 11.6 Å². The Morgan fingerprint density at radius 2 is 2.06 bits per heavy atom. The molecule has 94 valence electrons. The first-order valence-corrected chi connectivity index (χ1v) is 6.38. The van der Waals surface area contributed by atoms with Crippen LogP contribution in [0.3, 0.4) is 0 Å². The number of nitrogens with one attached hydrogen (secondary N) is 1. The standard InChI is InChI=1S/C15H18N2O/c1-3-7-11(2)10-13-14(16-17-15(13)18)12-8-5-4-6-9-12/h4-6,8-11H,3,7H2,1-2H3,(H,17,18)/b13-10-. The summed E-state index contributed by atoms with van der Waals surface area (Å²) in [5.41, 5.74) is 4.97. The van der Waals surface area contributed by atoms with Crippen LogP contribution in [0.4, 0.5) is 0 Å². The second-order valence-corrected chi connectivity index (χ2v) is 4.61. The molecule has 1 atom stereocenters. The molecule has 0 saturated carbocycles. The number of benzene rings is 1. The fraction of sp³-hybridized carbons (Fsp3) is 0.333. The zero-order valence-corrected chi connectivity index (χ0v) is 10.8. The van der Waals surface area contributed by atoms with Crippen LogP contribution in [0.1, 0.15) is 32.3 Å². The van der Waals surface area contributed by atoms with Crippen molar-refractivity contribution in [3.8, 4) is 0 Å². The highest BCUT2D eigenvalue weighted by atomic mass is 16.2. The molecule has 1 aromatic rings. The van der Waals surface area contributed by atoms with E-state index in [4.69, 9.17) is 0 Å². The van der Waals surface area contributed by atoms with Gasteiger partial charge in [0.05, 0.1) is 5.57 Å². The van der Waals surface area contributed by atoms with Gasteiger partial charge in [-0.15, -0.1) is 0 Å². The Labute approximate surface area is 108 Å². The van der Waals surface area contributed by atoms with Crippen LogP contribution in [-0.2, 0) is 4.79 Å². The largest absolute Gasteiger partial charge is 0.273 e. The lowest BCUT2D eigenvalue weighted by atomic mass is 9.97. The molecule has 0 radical (unpaired) electrons. The number of hydrazone groups is 1. The molecule has 1 N–H and O–H groups in total. The number of rotatable bonds is 4. The van der Waals surface area contributed by atoms with Gasteiger partial charge in [0.2, 0.25) is 0 Å². The highest BCUT2D eigenvalue weighted by Crippen LogP contribution is 2.18. The van der Waals surface area contributed by atoms with Crippen molar-refractivity contribution < 1.29 is 4.79 Å². The Hall–Kier alpha value is -1.90. The van der Waals surface area contributed by atoms with Crippen LogP contribution in [0.15, 0.2) is 47.1 Å². The number of nitrogens with zero attached hydrogens (tertiary/aromatic N) is 1. The zero-order valence-electron chi connectivity index (χ0n) is 10.8. The number of hydrogen-bond donors (Lipinski definition) is 1. The Morgan fingerprint density at radius 3 is 2.72 bits per heavy atom. The molecule has 1 aliphatic rings. The molecule has 3 nitrogen and oxygen atoms in total. The maximum atomic E-state index is 11.8. The topological polar surface area (TPSA) is 41.5 Å². The van der Waals surface area contributed by atoms with Crippen LogP contribution < -0.4 is 5.43 Å². The molecule has 0 spiro atoms. The van der Waals surface area contributed by atoms with Crippen LogP contribution >= 0.6 is 0 Å². The summed E-state index contributed by atoms with van der Waals surface area (Å²) in [6.45, 7) is 4.28. The molecule has 0 aromatic heterocycles. The molecule has 0 saturated heterocycles. The third-order valence-electron chi connectivity index (χ3n) is 3.01. The van der Waals surface area contributed by atoms with Gasteiger partial charge < -0.3 is 0 Å². The Kier molecular flexibility index (Phi) is 3.92. The van der Waals surface area contributed by atoms with Crippen molar-refractivity contribution in [1.29, 1.82) is 0 Å². The molecule has 1 aromatic carbocycles. The van der Waals surface area contributed by atoms with Gasteiger partial charge in [-0.25, -0.2) is 5.43 Å². The maximum absolute atomic E-state index is 11.8. The fourth-order valence-corrected chi connectivity index (χ4v) is 2.13. The van der Waals surface area contributed by atoms with Crippen LogP contribution in [0, 0.1) is 5.92 Å². The molecule has 0 bridgehead atoms. The molecule has 3 heteroatoms. The highest BCUT2D eigenvalue weighted by molar-refractivity contribution is 6.30. The number of carbonyl (C=O) groups excluding carboxylic acids is 1. The summed E-state index contributed by atoms with van der Waals surface area (Å²) in [5, 5.41) is 4.13. The molecular weight excluding hydrogens is 224 g/mol. The predicted molar refractivity (Wildman–Crippen MR) is 73.3 cm³/mol. The predicted octanol–water partition coefficient (Wildman–Crippen LogP) is 2.88. The summed E-state index contributed by atoms with van der Waals surface area (Å²) < 4.78 is 0. The van der Waals surface area contributed by atoms with E-state index in [1.54, 1.807) is 0 Å². The van der Waals surface area contributed by atoms with Gasteiger partial charge in [-0.1, -0.05) is 56.7 Å². The van der Waals surface area contributed by atoms with Gasteiger partial charge in [0.15, 0.2) is 0 Å². The molecule has 1 heterocycles. The van der Waals surface area contributed by atoms with Crippen molar-refractivity contribution in [1.82, 2.24) is 5.43 Å².